The fourth-order valence-electron chi connectivity index (χ4n) is 2.06. The molecule has 0 heterocycles. The zero-order valence-corrected chi connectivity index (χ0v) is 12.5. The van der Waals surface area contributed by atoms with E-state index in [1.54, 1.807) is 0 Å². The first-order valence-electron chi connectivity index (χ1n) is 7.58. The van der Waals surface area contributed by atoms with Gasteiger partial charge in [0.15, 0.2) is 0 Å². The summed E-state index contributed by atoms with van der Waals surface area (Å²) in [5, 5.41) is 3.50. The molecule has 0 radical (unpaired) electrons. The molecule has 0 spiro atoms. The molecule has 0 atom stereocenters. The molecule has 19 heavy (non-hydrogen) atoms. The van der Waals surface area contributed by atoms with E-state index in [2.05, 4.69) is 50.4 Å². The van der Waals surface area contributed by atoms with Gasteiger partial charge in [0, 0.05) is 6.04 Å². The standard InChI is InChI=1S/C17H27NO/c1-4-17(2,3)14-6-10-16(11-7-14)19-13-5-12-18-15-8-9-15/h6-7,10-11,15,18H,4-5,8-9,12-13H2,1-3H3. The lowest BCUT2D eigenvalue weighted by Gasteiger charge is -2.23. The van der Waals surface area contributed by atoms with Crippen LogP contribution in [0.3, 0.4) is 0 Å². The third kappa shape index (κ3) is 4.54. The van der Waals surface area contributed by atoms with Gasteiger partial charge in [-0.3, -0.25) is 0 Å². The SMILES string of the molecule is CCC(C)(C)c1ccc(OCCCNC2CC2)cc1. The maximum Gasteiger partial charge on any atom is 0.119 e. The summed E-state index contributed by atoms with van der Waals surface area (Å²) in [6.07, 6.45) is 4.95. The summed E-state index contributed by atoms with van der Waals surface area (Å²) in [6, 6.07) is 9.39. The van der Waals surface area contributed by atoms with Crippen LogP contribution in [-0.2, 0) is 5.41 Å². The van der Waals surface area contributed by atoms with E-state index in [9.17, 15) is 0 Å². The quantitative estimate of drug-likeness (QED) is 0.717. The highest BCUT2D eigenvalue weighted by molar-refractivity contribution is 5.31. The van der Waals surface area contributed by atoms with Crippen LogP contribution in [-0.4, -0.2) is 19.2 Å². The van der Waals surface area contributed by atoms with Gasteiger partial charge in [0.05, 0.1) is 6.61 Å². The maximum atomic E-state index is 5.77. The lowest BCUT2D eigenvalue weighted by molar-refractivity contribution is 0.307. The first kappa shape index (κ1) is 14.4. The molecular formula is C17H27NO. The lowest BCUT2D eigenvalue weighted by atomic mass is 9.82. The van der Waals surface area contributed by atoms with Crippen LogP contribution in [0.25, 0.3) is 0 Å². The number of nitrogens with one attached hydrogen (secondary N) is 1. The number of hydrogen-bond donors (Lipinski definition) is 1. The van der Waals surface area contributed by atoms with Gasteiger partial charge in [-0.2, -0.15) is 0 Å². The van der Waals surface area contributed by atoms with E-state index in [0.29, 0.717) is 0 Å². The highest BCUT2D eigenvalue weighted by Gasteiger charge is 2.19. The lowest BCUT2D eigenvalue weighted by Crippen LogP contribution is -2.19. The van der Waals surface area contributed by atoms with Crippen LogP contribution in [0.2, 0.25) is 0 Å². The molecule has 1 aromatic rings. The molecule has 0 unspecified atom stereocenters. The first-order valence-corrected chi connectivity index (χ1v) is 7.58. The third-order valence-corrected chi connectivity index (χ3v) is 4.12. The summed E-state index contributed by atoms with van der Waals surface area (Å²) in [7, 11) is 0. The van der Waals surface area contributed by atoms with Crippen LogP contribution in [0.5, 0.6) is 5.75 Å². The van der Waals surface area contributed by atoms with Gasteiger partial charge >= 0.3 is 0 Å². The largest absolute Gasteiger partial charge is 0.494 e. The Kier molecular flexibility index (Phi) is 4.87. The maximum absolute atomic E-state index is 5.77. The van der Waals surface area contributed by atoms with E-state index >= 15 is 0 Å². The minimum Gasteiger partial charge on any atom is -0.494 e. The molecule has 106 valence electrons. The molecule has 0 bridgehead atoms. The zero-order valence-electron chi connectivity index (χ0n) is 12.5. The molecule has 0 amide bonds. The fourth-order valence-corrected chi connectivity index (χ4v) is 2.06. The van der Waals surface area contributed by atoms with Crippen LogP contribution < -0.4 is 10.1 Å². The normalized spacial score (nSPS) is 15.5. The van der Waals surface area contributed by atoms with Crippen LogP contribution >= 0.6 is 0 Å². The van der Waals surface area contributed by atoms with Crippen molar-refractivity contribution in [3.63, 3.8) is 0 Å². The van der Waals surface area contributed by atoms with Crippen molar-refractivity contribution in [2.45, 2.75) is 57.9 Å². The second-order valence-corrected chi connectivity index (χ2v) is 6.19. The molecule has 1 aliphatic carbocycles. The predicted octanol–water partition coefficient (Wildman–Crippen LogP) is 3.90. The minimum absolute atomic E-state index is 0.257. The van der Waals surface area contributed by atoms with Crippen LogP contribution in [0.4, 0.5) is 0 Å². The summed E-state index contributed by atoms with van der Waals surface area (Å²) in [5.41, 5.74) is 1.64. The molecule has 2 rings (SSSR count). The molecule has 2 heteroatoms. The van der Waals surface area contributed by atoms with Crippen molar-refractivity contribution in [3.05, 3.63) is 29.8 Å². The average Bonchev–Trinajstić information content (AvgIpc) is 3.23. The highest BCUT2D eigenvalue weighted by atomic mass is 16.5. The van der Waals surface area contributed by atoms with Crippen molar-refractivity contribution in [3.8, 4) is 5.75 Å². The summed E-state index contributed by atoms with van der Waals surface area (Å²) in [5.74, 6) is 0.988. The molecule has 2 nitrogen and oxygen atoms in total. The summed E-state index contributed by atoms with van der Waals surface area (Å²) in [4.78, 5) is 0. The number of hydrogen-bond acceptors (Lipinski definition) is 2. The Morgan fingerprint density at radius 2 is 1.89 bits per heavy atom. The second kappa shape index (κ2) is 6.42. The van der Waals surface area contributed by atoms with Gasteiger partial charge in [-0.05, 0) is 55.3 Å². The van der Waals surface area contributed by atoms with Gasteiger partial charge in [-0.1, -0.05) is 32.9 Å². The molecule has 1 N–H and O–H groups in total. The fraction of sp³-hybridized carbons (Fsp3) is 0.647. The Morgan fingerprint density at radius 3 is 2.47 bits per heavy atom. The molecule has 1 aromatic carbocycles. The van der Waals surface area contributed by atoms with E-state index in [-0.39, 0.29) is 5.41 Å². The van der Waals surface area contributed by atoms with Crippen LogP contribution in [0, 0.1) is 0 Å². The van der Waals surface area contributed by atoms with Crippen molar-refractivity contribution < 1.29 is 4.74 Å². The Morgan fingerprint density at radius 1 is 1.21 bits per heavy atom. The van der Waals surface area contributed by atoms with Crippen molar-refractivity contribution >= 4 is 0 Å². The van der Waals surface area contributed by atoms with E-state index in [1.165, 1.54) is 18.4 Å². The van der Waals surface area contributed by atoms with Gasteiger partial charge in [-0.25, -0.2) is 0 Å². The second-order valence-electron chi connectivity index (χ2n) is 6.19. The molecule has 0 aliphatic heterocycles. The molecular weight excluding hydrogens is 234 g/mol. The van der Waals surface area contributed by atoms with Gasteiger partial charge in [-0.15, -0.1) is 0 Å². The molecule has 1 saturated carbocycles. The Labute approximate surface area is 117 Å². The van der Waals surface area contributed by atoms with Crippen molar-refractivity contribution in [1.29, 1.82) is 0 Å². The number of ether oxygens (including phenoxy) is 1. The molecule has 0 aromatic heterocycles. The Hall–Kier alpha value is -1.02. The van der Waals surface area contributed by atoms with E-state index in [0.717, 1.165) is 37.8 Å². The van der Waals surface area contributed by atoms with E-state index in [4.69, 9.17) is 4.74 Å². The van der Waals surface area contributed by atoms with Crippen molar-refractivity contribution in [2.75, 3.05) is 13.2 Å². The topological polar surface area (TPSA) is 21.3 Å². The van der Waals surface area contributed by atoms with Gasteiger partial charge in [0.2, 0.25) is 0 Å². The smallest absolute Gasteiger partial charge is 0.119 e. The minimum atomic E-state index is 0.257. The zero-order chi connectivity index (χ0) is 13.7. The molecule has 0 saturated heterocycles. The first-order chi connectivity index (χ1) is 9.12. The Balaban J connectivity index is 1.71. The van der Waals surface area contributed by atoms with E-state index in [1.807, 2.05) is 0 Å². The average molecular weight is 261 g/mol. The predicted molar refractivity (Wildman–Crippen MR) is 80.9 cm³/mol. The van der Waals surface area contributed by atoms with Gasteiger partial charge < -0.3 is 10.1 Å². The number of rotatable bonds is 8. The van der Waals surface area contributed by atoms with Crippen molar-refractivity contribution in [2.24, 2.45) is 0 Å². The summed E-state index contributed by atoms with van der Waals surface area (Å²) < 4.78 is 5.77. The molecule has 1 fully saturated rings. The monoisotopic (exact) mass is 261 g/mol. The number of benzene rings is 1. The van der Waals surface area contributed by atoms with Gasteiger partial charge in [0.1, 0.15) is 5.75 Å². The third-order valence-electron chi connectivity index (χ3n) is 4.12. The highest BCUT2D eigenvalue weighted by Crippen LogP contribution is 2.28. The van der Waals surface area contributed by atoms with E-state index < -0.39 is 0 Å². The van der Waals surface area contributed by atoms with Crippen molar-refractivity contribution in [1.82, 2.24) is 5.32 Å². The Bertz CT molecular complexity index is 379. The summed E-state index contributed by atoms with van der Waals surface area (Å²) in [6.45, 7) is 8.68. The van der Waals surface area contributed by atoms with Crippen LogP contribution in [0.15, 0.2) is 24.3 Å². The summed E-state index contributed by atoms with van der Waals surface area (Å²) >= 11 is 0. The molecule has 1 aliphatic rings. The van der Waals surface area contributed by atoms with Crippen LogP contribution in [0.1, 0.15) is 52.0 Å². The van der Waals surface area contributed by atoms with Gasteiger partial charge in [0.25, 0.3) is 0 Å².